The molecule has 0 atom stereocenters. The number of halogens is 1. The Kier molecular flexibility index (Phi) is 8.02. The number of nitro groups is 1. The summed E-state index contributed by atoms with van der Waals surface area (Å²) >= 11 is 3.27. The Morgan fingerprint density at radius 3 is 2.42 bits per heavy atom. The number of nitrogens with one attached hydrogen (secondary N) is 1. The average Bonchev–Trinajstić information content (AvgIpc) is 2.89. The number of benzene rings is 3. The second-order valence-corrected chi connectivity index (χ2v) is 10.7. The van der Waals surface area contributed by atoms with E-state index in [4.69, 9.17) is 8.92 Å². The summed E-state index contributed by atoms with van der Waals surface area (Å²) in [6, 6.07) is 12.5. The van der Waals surface area contributed by atoms with Gasteiger partial charge in [-0.3, -0.25) is 25.0 Å². The molecular weight excluding hydrogens is 610 g/mol. The second kappa shape index (κ2) is 11.3. The molecule has 0 radical (unpaired) electrons. The van der Waals surface area contributed by atoms with E-state index in [1.54, 1.807) is 19.1 Å². The van der Waals surface area contributed by atoms with Gasteiger partial charge in [0.1, 0.15) is 10.5 Å². The van der Waals surface area contributed by atoms with Gasteiger partial charge in [0.05, 0.1) is 21.7 Å². The van der Waals surface area contributed by atoms with Gasteiger partial charge in [-0.05, 0) is 71.7 Å². The van der Waals surface area contributed by atoms with Gasteiger partial charge in [0.2, 0.25) is 0 Å². The molecule has 4 amide bonds. The lowest BCUT2D eigenvalue weighted by Gasteiger charge is -2.26. The first-order chi connectivity index (χ1) is 18.9. The molecule has 40 heavy (non-hydrogen) atoms. The van der Waals surface area contributed by atoms with E-state index in [0.717, 1.165) is 11.6 Å². The van der Waals surface area contributed by atoms with E-state index in [1.807, 2.05) is 12.2 Å². The summed E-state index contributed by atoms with van der Waals surface area (Å²) in [6.07, 6.45) is 1.17. The Bertz CT molecular complexity index is 1690. The predicted octanol–water partition coefficient (Wildman–Crippen LogP) is 4.50. The van der Waals surface area contributed by atoms with Crippen molar-refractivity contribution in [2.75, 3.05) is 11.5 Å². The monoisotopic (exact) mass is 629 g/mol. The number of rotatable bonds is 8. The van der Waals surface area contributed by atoms with E-state index >= 15 is 0 Å². The predicted molar refractivity (Wildman–Crippen MR) is 146 cm³/mol. The summed E-state index contributed by atoms with van der Waals surface area (Å²) in [4.78, 5) is 49.3. The molecule has 1 aliphatic heterocycles. The molecule has 0 aliphatic carbocycles. The van der Waals surface area contributed by atoms with E-state index in [9.17, 15) is 32.9 Å². The molecule has 14 heteroatoms. The van der Waals surface area contributed by atoms with Crippen LogP contribution in [-0.2, 0) is 19.7 Å². The minimum atomic E-state index is -4.24. The number of carbonyl (C=O) groups is 3. The zero-order valence-corrected chi connectivity index (χ0v) is 23.3. The molecule has 3 aromatic rings. The van der Waals surface area contributed by atoms with E-state index in [2.05, 4.69) is 15.9 Å². The van der Waals surface area contributed by atoms with E-state index < -0.39 is 38.5 Å². The maximum atomic E-state index is 13.2. The summed E-state index contributed by atoms with van der Waals surface area (Å²) in [5.41, 5.74) is 0.154. The van der Waals surface area contributed by atoms with Gasteiger partial charge in [-0.1, -0.05) is 23.8 Å². The number of hydrogen-bond acceptors (Lipinski definition) is 9. The van der Waals surface area contributed by atoms with Crippen molar-refractivity contribution in [1.29, 1.82) is 0 Å². The molecule has 0 spiro atoms. The lowest BCUT2D eigenvalue weighted by atomic mass is 10.1. The van der Waals surface area contributed by atoms with Crippen LogP contribution in [0.25, 0.3) is 6.08 Å². The van der Waals surface area contributed by atoms with Gasteiger partial charge >= 0.3 is 16.1 Å². The molecule has 1 heterocycles. The van der Waals surface area contributed by atoms with Crippen LogP contribution in [0.2, 0.25) is 0 Å². The van der Waals surface area contributed by atoms with Gasteiger partial charge < -0.3 is 8.92 Å². The number of anilines is 1. The summed E-state index contributed by atoms with van der Waals surface area (Å²) in [6.45, 7) is 3.60. The van der Waals surface area contributed by atoms with E-state index in [-0.39, 0.29) is 44.4 Å². The highest BCUT2D eigenvalue weighted by Crippen LogP contribution is 2.39. The Morgan fingerprint density at radius 1 is 1.07 bits per heavy atom. The minimum Gasteiger partial charge on any atom is -0.490 e. The number of hydrogen-bond donors (Lipinski definition) is 1. The van der Waals surface area contributed by atoms with Crippen LogP contribution in [0.15, 0.2) is 75.6 Å². The Balaban J connectivity index is 1.72. The van der Waals surface area contributed by atoms with Crippen LogP contribution in [0, 0.1) is 17.0 Å². The number of nitro benzene ring substituents is 1. The van der Waals surface area contributed by atoms with Gasteiger partial charge in [-0.15, -0.1) is 0 Å². The summed E-state index contributed by atoms with van der Waals surface area (Å²) in [7, 11) is -4.24. The fraction of sp³-hybridized carbons (Fsp3) is 0.115. The normalized spacial score (nSPS) is 14.7. The molecule has 0 saturated carbocycles. The highest BCUT2D eigenvalue weighted by Gasteiger charge is 2.37. The summed E-state index contributed by atoms with van der Waals surface area (Å²) in [5, 5.41) is 13.2. The molecule has 1 fully saturated rings. The second-order valence-electron chi connectivity index (χ2n) is 8.35. The van der Waals surface area contributed by atoms with E-state index in [0.29, 0.717) is 4.90 Å². The smallest absolute Gasteiger partial charge is 0.339 e. The molecule has 1 N–H and O–H groups in total. The lowest BCUT2D eigenvalue weighted by molar-refractivity contribution is -0.384. The maximum absolute atomic E-state index is 13.2. The number of ether oxygens (including phenoxy) is 1. The zero-order valence-electron chi connectivity index (χ0n) is 20.9. The fourth-order valence-corrected chi connectivity index (χ4v) is 5.29. The highest BCUT2D eigenvalue weighted by atomic mass is 79.9. The fourth-order valence-electron chi connectivity index (χ4n) is 3.68. The van der Waals surface area contributed by atoms with E-state index in [1.165, 1.54) is 48.5 Å². The first kappa shape index (κ1) is 28.4. The van der Waals surface area contributed by atoms with Crippen molar-refractivity contribution in [1.82, 2.24) is 5.32 Å². The minimum absolute atomic E-state index is 0.00491. The molecule has 4 rings (SSSR count). The Morgan fingerprint density at radius 2 is 1.77 bits per heavy atom. The van der Waals surface area contributed by atoms with Crippen LogP contribution in [-0.4, -0.2) is 37.8 Å². The molecule has 0 aromatic heterocycles. The Hall–Kier alpha value is -4.56. The topological polar surface area (TPSA) is 162 Å². The number of aryl methyl sites for hydroxylation is 1. The van der Waals surface area contributed by atoms with Crippen molar-refractivity contribution in [3.05, 3.63) is 92.0 Å². The molecule has 1 saturated heterocycles. The van der Waals surface area contributed by atoms with Crippen molar-refractivity contribution in [2.24, 2.45) is 0 Å². The summed E-state index contributed by atoms with van der Waals surface area (Å²) < 4.78 is 36.9. The summed E-state index contributed by atoms with van der Waals surface area (Å²) in [5.74, 6) is -2.18. The quantitative estimate of drug-likeness (QED) is 0.124. The standard InChI is InChI=1S/C26H20BrN3O9S/c1-3-38-22-13-16(12-21(27)23(22)39-40(36,37)19-9-7-15(2)8-10-19)11-20-24(31)28-26(33)29(25(20)32)17-5-4-6-18(14-17)30(34)35/h4-14H,3H2,1-2H3,(H,28,31,33)/b20-11+. The molecular formula is C26H20BrN3O9S. The Labute approximate surface area is 236 Å². The van der Waals surface area contributed by atoms with Crippen molar-refractivity contribution >= 4 is 61.3 Å². The number of amides is 4. The largest absolute Gasteiger partial charge is 0.490 e. The van der Waals surface area contributed by atoms with Crippen LogP contribution in [0.3, 0.4) is 0 Å². The zero-order chi connectivity index (χ0) is 29.2. The van der Waals surface area contributed by atoms with Gasteiger partial charge in [0, 0.05) is 12.1 Å². The van der Waals surface area contributed by atoms with Crippen molar-refractivity contribution in [3.8, 4) is 11.5 Å². The molecule has 0 bridgehead atoms. The number of urea groups is 1. The van der Waals surface area contributed by atoms with Crippen LogP contribution in [0.1, 0.15) is 18.1 Å². The van der Waals surface area contributed by atoms with Gasteiger partial charge in [0.25, 0.3) is 17.5 Å². The van der Waals surface area contributed by atoms with Crippen molar-refractivity contribution in [2.45, 2.75) is 18.7 Å². The number of non-ortho nitro benzene ring substituents is 1. The number of nitrogens with zero attached hydrogens (tertiary/aromatic N) is 2. The first-order valence-electron chi connectivity index (χ1n) is 11.5. The van der Waals surface area contributed by atoms with Gasteiger partial charge in [-0.2, -0.15) is 8.42 Å². The van der Waals surface area contributed by atoms with Crippen molar-refractivity contribution < 1.29 is 36.6 Å². The third kappa shape index (κ3) is 5.87. The lowest BCUT2D eigenvalue weighted by Crippen LogP contribution is -2.54. The SMILES string of the molecule is CCOc1cc(/C=C2\C(=O)NC(=O)N(c3cccc([N+](=O)[O-])c3)C2=O)cc(Br)c1OS(=O)(=O)c1ccc(C)cc1. The van der Waals surface area contributed by atoms with Gasteiger partial charge in [0.15, 0.2) is 11.5 Å². The highest BCUT2D eigenvalue weighted by molar-refractivity contribution is 9.10. The number of barbiturate groups is 1. The van der Waals surface area contributed by atoms with Crippen LogP contribution in [0.4, 0.5) is 16.2 Å². The third-order valence-corrected chi connectivity index (χ3v) is 7.37. The van der Waals surface area contributed by atoms with Crippen LogP contribution < -0.4 is 19.1 Å². The van der Waals surface area contributed by atoms with Crippen molar-refractivity contribution in [3.63, 3.8) is 0 Å². The molecule has 206 valence electrons. The molecule has 1 aliphatic rings. The number of imide groups is 2. The van der Waals surface area contributed by atoms with Crippen LogP contribution >= 0.6 is 15.9 Å². The molecule has 3 aromatic carbocycles. The van der Waals surface area contributed by atoms with Gasteiger partial charge in [-0.25, -0.2) is 9.69 Å². The average molecular weight is 630 g/mol. The maximum Gasteiger partial charge on any atom is 0.339 e. The molecule has 0 unspecified atom stereocenters. The first-order valence-corrected chi connectivity index (χ1v) is 13.7. The molecule has 12 nitrogen and oxygen atoms in total. The number of carbonyl (C=O) groups excluding carboxylic acids is 3. The third-order valence-electron chi connectivity index (χ3n) is 5.55. The van der Waals surface area contributed by atoms with Crippen LogP contribution in [0.5, 0.6) is 11.5 Å².